The van der Waals surface area contributed by atoms with Crippen molar-refractivity contribution in [1.29, 1.82) is 0 Å². The summed E-state index contributed by atoms with van der Waals surface area (Å²) in [5.41, 5.74) is 3.38. The average Bonchev–Trinajstić information content (AvgIpc) is 3.28. The van der Waals surface area contributed by atoms with Crippen LogP contribution in [0.25, 0.3) is 0 Å². The van der Waals surface area contributed by atoms with Crippen LogP contribution in [0.5, 0.6) is 11.5 Å². The van der Waals surface area contributed by atoms with E-state index in [1.807, 2.05) is 31.2 Å². The van der Waals surface area contributed by atoms with Gasteiger partial charge in [0.1, 0.15) is 12.7 Å². The molecule has 0 atom stereocenters. The molecule has 1 aromatic heterocycles. The van der Waals surface area contributed by atoms with Crippen molar-refractivity contribution in [3.63, 3.8) is 0 Å². The molecule has 0 aliphatic carbocycles. The highest BCUT2D eigenvalue weighted by molar-refractivity contribution is 14.0. The standard InChI is InChI=1S/C22H28N6O2.HI/c1-4-24-22(26-13-18-8-9-20(29-2)21(11-18)30-3)25-12-17-6-5-7-19(10-17)14-28-16-23-15-27-28;/h5-11,15-16H,4,12-14H2,1-3H3,(H2,24,25,26);1H. The lowest BCUT2D eigenvalue weighted by molar-refractivity contribution is 0.354. The second kappa shape index (κ2) is 12.8. The quantitative estimate of drug-likeness (QED) is 0.248. The van der Waals surface area contributed by atoms with Crippen LogP contribution in [0.4, 0.5) is 0 Å². The predicted molar refractivity (Wildman–Crippen MR) is 132 cm³/mol. The number of guanidine groups is 1. The van der Waals surface area contributed by atoms with E-state index in [9.17, 15) is 0 Å². The molecule has 0 saturated heterocycles. The van der Waals surface area contributed by atoms with E-state index in [1.54, 1.807) is 31.6 Å². The Morgan fingerprint density at radius 2 is 1.81 bits per heavy atom. The highest BCUT2D eigenvalue weighted by atomic mass is 127. The van der Waals surface area contributed by atoms with Crippen LogP contribution >= 0.6 is 24.0 Å². The second-order valence-corrected chi connectivity index (χ2v) is 6.65. The van der Waals surface area contributed by atoms with Crippen molar-refractivity contribution >= 4 is 29.9 Å². The summed E-state index contributed by atoms with van der Waals surface area (Å²) in [5, 5.41) is 10.8. The Bertz CT molecular complexity index is 962. The van der Waals surface area contributed by atoms with Crippen LogP contribution < -0.4 is 20.1 Å². The molecule has 0 saturated carbocycles. The molecule has 8 nitrogen and oxygen atoms in total. The Morgan fingerprint density at radius 1 is 1.00 bits per heavy atom. The number of aromatic nitrogens is 3. The molecule has 3 aromatic rings. The van der Waals surface area contributed by atoms with E-state index >= 15 is 0 Å². The normalized spacial score (nSPS) is 10.9. The predicted octanol–water partition coefficient (Wildman–Crippen LogP) is 3.22. The minimum absolute atomic E-state index is 0. The number of ether oxygens (including phenoxy) is 2. The van der Waals surface area contributed by atoms with Gasteiger partial charge in [0.05, 0.1) is 27.3 Å². The van der Waals surface area contributed by atoms with Crippen molar-refractivity contribution in [1.82, 2.24) is 25.4 Å². The van der Waals surface area contributed by atoms with Crippen molar-refractivity contribution < 1.29 is 9.47 Å². The fraction of sp³-hybridized carbons (Fsp3) is 0.318. The Balaban J connectivity index is 0.00000341. The van der Waals surface area contributed by atoms with E-state index in [0.29, 0.717) is 31.1 Å². The number of benzene rings is 2. The molecule has 2 N–H and O–H groups in total. The maximum absolute atomic E-state index is 5.38. The monoisotopic (exact) mass is 536 g/mol. The summed E-state index contributed by atoms with van der Waals surface area (Å²) >= 11 is 0. The first-order valence-electron chi connectivity index (χ1n) is 9.85. The van der Waals surface area contributed by atoms with Gasteiger partial charge in [-0.25, -0.2) is 14.7 Å². The third kappa shape index (κ3) is 7.42. The molecule has 0 aliphatic rings. The summed E-state index contributed by atoms with van der Waals surface area (Å²) in [4.78, 5) is 8.70. The Hall–Kier alpha value is -2.82. The van der Waals surface area contributed by atoms with Crippen LogP contribution in [-0.4, -0.2) is 41.5 Å². The van der Waals surface area contributed by atoms with Crippen molar-refractivity contribution in [2.75, 3.05) is 20.8 Å². The van der Waals surface area contributed by atoms with Gasteiger partial charge in [-0.2, -0.15) is 5.10 Å². The summed E-state index contributed by atoms with van der Waals surface area (Å²) < 4.78 is 12.5. The summed E-state index contributed by atoms with van der Waals surface area (Å²) in [6.45, 7) is 4.72. The van der Waals surface area contributed by atoms with Gasteiger partial charge in [-0.15, -0.1) is 24.0 Å². The largest absolute Gasteiger partial charge is 0.493 e. The van der Waals surface area contributed by atoms with Crippen molar-refractivity contribution in [2.45, 2.75) is 26.6 Å². The third-order valence-electron chi connectivity index (χ3n) is 4.47. The number of hydrogen-bond acceptors (Lipinski definition) is 5. The molecular weight excluding hydrogens is 507 g/mol. The molecule has 0 radical (unpaired) electrons. The maximum atomic E-state index is 5.38. The fourth-order valence-corrected chi connectivity index (χ4v) is 3.02. The molecule has 0 spiro atoms. The van der Waals surface area contributed by atoms with E-state index < -0.39 is 0 Å². The molecule has 166 valence electrons. The second-order valence-electron chi connectivity index (χ2n) is 6.65. The number of rotatable bonds is 9. The topological polar surface area (TPSA) is 85.6 Å². The van der Waals surface area contributed by atoms with Gasteiger partial charge in [0, 0.05) is 13.1 Å². The fourth-order valence-electron chi connectivity index (χ4n) is 3.02. The minimum atomic E-state index is 0. The van der Waals surface area contributed by atoms with Gasteiger partial charge in [0.15, 0.2) is 17.5 Å². The van der Waals surface area contributed by atoms with Gasteiger partial charge in [-0.3, -0.25) is 0 Å². The lowest BCUT2D eigenvalue weighted by Gasteiger charge is -2.13. The zero-order chi connectivity index (χ0) is 21.2. The highest BCUT2D eigenvalue weighted by Crippen LogP contribution is 2.27. The number of nitrogens with zero attached hydrogens (tertiary/aromatic N) is 4. The summed E-state index contributed by atoms with van der Waals surface area (Å²) in [6, 6.07) is 14.2. The van der Waals surface area contributed by atoms with Crippen LogP contribution in [0.2, 0.25) is 0 Å². The summed E-state index contributed by atoms with van der Waals surface area (Å²) in [6.07, 6.45) is 3.26. The van der Waals surface area contributed by atoms with Gasteiger partial charge >= 0.3 is 0 Å². The molecule has 1 heterocycles. The van der Waals surface area contributed by atoms with Gasteiger partial charge in [0.25, 0.3) is 0 Å². The summed E-state index contributed by atoms with van der Waals surface area (Å²) in [7, 11) is 3.27. The Morgan fingerprint density at radius 3 is 2.52 bits per heavy atom. The third-order valence-corrected chi connectivity index (χ3v) is 4.47. The van der Waals surface area contributed by atoms with Crippen LogP contribution in [-0.2, 0) is 19.6 Å². The highest BCUT2D eigenvalue weighted by Gasteiger charge is 2.06. The SMILES string of the molecule is CCNC(=NCc1cccc(Cn2cncn2)c1)NCc1ccc(OC)c(OC)c1.I. The van der Waals surface area contributed by atoms with E-state index in [0.717, 1.165) is 29.2 Å². The minimum Gasteiger partial charge on any atom is -0.493 e. The van der Waals surface area contributed by atoms with Crippen molar-refractivity contribution in [3.05, 3.63) is 71.8 Å². The number of aliphatic imine (C=N–C) groups is 1. The van der Waals surface area contributed by atoms with Crippen LogP contribution in [0.1, 0.15) is 23.6 Å². The lowest BCUT2D eigenvalue weighted by atomic mass is 10.1. The van der Waals surface area contributed by atoms with Crippen LogP contribution in [0.15, 0.2) is 60.1 Å². The zero-order valence-corrected chi connectivity index (χ0v) is 20.4. The molecule has 31 heavy (non-hydrogen) atoms. The van der Waals surface area contributed by atoms with E-state index in [4.69, 9.17) is 14.5 Å². The average molecular weight is 536 g/mol. The van der Waals surface area contributed by atoms with Crippen LogP contribution in [0.3, 0.4) is 0 Å². The van der Waals surface area contributed by atoms with Gasteiger partial charge in [-0.1, -0.05) is 30.3 Å². The van der Waals surface area contributed by atoms with Crippen molar-refractivity contribution in [3.8, 4) is 11.5 Å². The lowest BCUT2D eigenvalue weighted by Crippen LogP contribution is -2.36. The van der Waals surface area contributed by atoms with E-state index in [2.05, 4.69) is 38.9 Å². The number of halogens is 1. The molecule has 9 heteroatoms. The molecule has 0 bridgehead atoms. The van der Waals surface area contributed by atoms with Crippen molar-refractivity contribution in [2.24, 2.45) is 4.99 Å². The van der Waals surface area contributed by atoms with Gasteiger partial charge in [-0.05, 0) is 35.7 Å². The number of hydrogen-bond donors (Lipinski definition) is 2. The molecule has 0 fully saturated rings. The summed E-state index contributed by atoms with van der Waals surface area (Å²) in [5.74, 6) is 2.18. The zero-order valence-electron chi connectivity index (χ0n) is 18.0. The first-order chi connectivity index (χ1) is 14.7. The molecule has 0 aliphatic heterocycles. The van der Waals surface area contributed by atoms with Gasteiger partial charge in [0.2, 0.25) is 0 Å². The molecule has 3 rings (SSSR count). The van der Waals surface area contributed by atoms with Gasteiger partial charge < -0.3 is 20.1 Å². The Labute approximate surface area is 200 Å². The number of nitrogens with one attached hydrogen (secondary N) is 2. The smallest absolute Gasteiger partial charge is 0.191 e. The van der Waals surface area contributed by atoms with Crippen LogP contribution in [0, 0.1) is 0 Å². The molecule has 0 amide bonds. The first-order valence-corrected chi connectivity index (χ1v) is 9.85. The van der Waals surface area contributed by atoms with E-state index in [1.165, 1.54) is 0 Å². The first kappa shape index (κ1) is 24.4. The molecular formula is C22H29IN6O2. The Kier molecular flexibility index (Phi) is 10.1. The number of methoxy groups -OCH3 is 2. The molecule has 2 aromatic carbocycles. The molecule has 0 unspecified atom stereocenters. The maximum Gasteiger partial charge on any atom is 0.191 e. The van der Waals surface area contributed by atoms with E-state index in [-0.39, 0.29) is 24.0 Å².